The number of ether oxygens (including phenoxy) is 1. The minimum atomic E-state index is -0.576. The molecule has 0 saturated carbocycles. The molecule has 0 heterocycles. The predicted molar refractivity (Wildman–Crippen MR) is 79.9 cm³/mol. The fraction of sp³-hybridized carbons (Fsp3) is 0.250. The van der Waals surface area contributed by atoms with Crippen molar-refractivity contribution in [1.29, 1.82) is 0 Å². The van der Waals surface area contributed by atoms with E-state index in [2.05, 4.69) is 5.32 Å². The van der Waals surface area contributed by atoms with Gasteiger partial charge in [0.2, 0.25) is 0 Å². The summed E-state index contributed by atoms with van der Waals surface area (Å²) in [4.78, 5) is 0. The molecule has 1 N–H and O–H groups in total. The van der Waals surface area contributed by atoms with Crippen LogP contribution in [0.5, 0.6) is 11.5 Å². The minimum Gasteiger partial charge on any atom is -0.457 e. The van der Waals surface area contributed by atoms with E-state index in [1.807, 2.05) is 13.8 Å². The molecule has 0 atom stereocenters. The zero-order valence-electron chi connectivity index (χ0n) is 11.8. The van der Waals surface area contributed by atoms with Crippen LogP contribution in [0.3, 0.4) is 0 Å². The van der Waals surface area contributed by atoms with Crippen molar-refractivity contribution in [1.82, 2.24) is 5.32 Å². The van der Waals surface area contributed by atoms with E-state index in [9.17, 15) is 8.78 Å². The molecule has 0 aliphatic carbocycles. The molecule has 0 spiro atoms. The second-order valence-corrected chi connectivity index (χ2v) is 5.34. The lowest BCUT2D eigenvalue weighted by Gasteiger charge is -2.14. The smallest absolute Gasteiger partial charge is 0.145 e. The monoisotopic (exact) mass is 311 g/mol. The van der Waals surface area contributed by atoms with Crippen LogP contribution in [-0.2, 0) is 6.54 Å². The summed E-state index contributed by atoms with van der Waals surface area (Å²) in [7, 11) is 0. The molecule has 0 aromatic heterocycles. The standard InChI is InChI=1S/C16H16ClF2NO/c1-10(2)20-9-12-14(18)4-3-5-16(12)21-11-6-7-13(17)15(19)8-11/h3-8,10,20H,9H2,1-2H3. The first kappa shape index (κ1) is 15.7. The molecule has 0 saturated heterocycles. The Kier molecular flexibility index (Phi) is 5.15. The first-order valence-electron chi connectivity index (χ1n) is 6.61. The van der Waals surface area contributed by atoms with Crippen molar-refractivity contribution < 1.29 is 13.5 Å². The number of nitrogens with one attached hydrogen (secondary N) is 1. The molecule has 0 unspecified atom stereocenters. The molecule has 112 valence electrons. The van der Waals surface area contributed by atoms with Gasteiger partial charge in [0.05, 0.1) is 5.02 Å². The van der Waals surface area contributed by atoms with Crippen molar-refractivity contribution >= 4 is 11.6 Å². The van der Waals surface area contributed by atoms with E-state index in [0.717, 1.165) is 0 Å². The van der Waals surface area contributed by atoms with Crippen molar-refractivity contribution in [3.63, 3.8) is 0 Å². The number of rotatable bonds is 5. The Balaban J connectivity index is 2.26. The SMILES string of the molecule is CC(C)NCc1c(F)cccc1Oc1ccc(Cl)c(F)c1. The Morgan fingerprint density at radius 2 is 1.90 bits per heavy atom. The van der Waals surface area contributed by atoms with Crippen molar-refractivity contribution in [3.05, 3.63) is 58.6 Å². The molecule has 21 heavy (non-hydrogen) atoms. The second kappa shape index (κ2) is 6.87. The lowest BCUT2D eigenvalue weighted by atomic mass is 10.1. The van der Waals surface area contributed by atoms with Gasteiger partial charge in [0, 0.05) is 24.2 Å². The Hall–Kier alpha value is -1.65. The van der Waals surface area contributed by atoms with Gasteiger partial charge in [0.25, 0.3) is 0 Å². The molecule has 0 fully saturated rings. The third-order valence-corrected chi connectivity index (χ3v) is 3.19. The van der Waals surface area contributed by atoms with Gasteiger partial charge in [0.15, 0.2) is 0 Å². The molecule has 0 aliphatic rings. The zero-order chi connectivity index (χ0) is 15.4. The Bertz CT molecular complexity index is 632. The molecule has 2 nitrogen and oxygen atoms in total. The highest BCUT2D eigenvalue weighted by Crippen LogP contribution is 2.29. The number of hydrogen-bond donors (Lipinski definition) is 1. The van der Waals surface area contributed by atoms with Crippen LogP contribution in [0.1, 0.15) is 19.4 Å². The summed E-state index contributed by atoms with van der Waals surface area (Å²) in [6, 6.07) is 8.89. The Labute approximate surface area is 127 Å². The molecular weight excluding hydrogens is 296 g/mol. The van der Waals surface area contributed by atoms with Crippen LogP contribution in [0, 0.1) is 11.6 Å². The van der Waals surface area contributed by atoms with E-state index in [-0.39, 0.29) is 22.6 Å². The van der Waals surface area contributed by atoms with Crippen LogP contribution in [0.15, 0.2) is 36.4 Å². The number of hydrogen-bond acceptors (Lipinski definition) is 2. The van der Waals surface area contributed by atoms with Gasteiger partial charge in [-0.15, -0.1) is 0 Å². The van der Waals surface area contributed by atoms with Gasteiger partial charge in [0.1, 0.15) is 23.1 Å². The third-order valence-electron chi connectivity index (χ3n) is 2.88. The molecule has 0 amide bonds. The van der Waals surface area contributed by atoms with Gasteiger partial charge in [-0.25, -0.2) is 8.78 Å². The van der Waals surface area contributed by atoms with Crippen LogP contribution in [0.2, 0.25) is 5.02 Å². The average molecular weight is 312 g/mol. The van der Waals surface area contributed by atoms with Crippen LogP contribution in [0.4, 0.5) is 8.78 Å². The summed E-state index contributed by atoms with van der Waals surface area (Å²) in [6.45, 7) is 4.27. The summed E-state index contributed by atoms with van der Waals surface area (Å²) >= 11 is 5.62. The fourth-order valence-electron chi connectivity index (χ4n) is 1.78. The molecular formula is C16H16ClF2NO. The Morgan fingerprint density at radius 3 is 2.57 bits per heavy atom. The van der Waals surface area contributed by atoms with Gasteiger partial charge in [-0.05, 0) is 24.3 Å². The van der Waals surface area contributed by atoms with Crippen LogP contribution in [-0.4, -0.2) is 6.04 Å². The highest BCUT2D eigenvalue weighted by Gasteiger charge is 2.12. The van der Waals surface area contributed by atoms with E-state index < -0.39 is 5.82 Å². The van der Waals surface area contributed by atoms with E-state index in [1.165, 1.54) is 24.3 Å². The third kappa shape index (κ3) is 4.16. The molecule has 0 aliphatic heterocycles. The molecule has 0 radical (unpaired) electrons. The predicted octanol–water partition coefficient (Wildman–Crippen LogP) is 4.91. The van der Waals surface area contributed by atoms with Crippen LogP contribution >= 0.6 is 11.6 Å². The minimum absolute atomic E-state index is 0.0169. The van der Waals surface area contributed by atoms with Crippen LogP contribution in [0.25, 0.3) is 0 Å². The van der Waals surface area contributed by atoms with Gasteiger partial charge >= 0.3 is 0 Å². The van der Waals surface area contributed by atoms with Crippen LogP contribution < -0.4 is 10.1 Å². The van der Waals surface area contributed by atoms with Gasteiger partial charge in [-0.3, -0.25) is 0 Å². The second-order valence-electron chi connectivity index (χ2n) is 4.93. The van der Waals surface area contributed by atoms with Gasteiger partial charge in [-0.1, -0.05) is 31.5 Å². The molecule has 2 aromatic rings. The van der Waals surface area contributed by atoms with Crippen molar-refractivity contribution in [3.8, 4) is 11.5 Å². The highest BCUT2D eigenvalue weighted by atomic mass is 35.5. The van der Waals surface area contributed by atoms with E-state index >= 15 is 0 Å². The first-order chi connectivity index (χ1) is 9.97. The molecule has 0 bridgehead atoms. The van der Waals surface area contributed by atoms with Crippen molar-refractivity contribution in [2.45, 2.75) is 26.4 Å². The van der Waals surface area contributed by atoms with Gasteiger partial charge in [-0.2, -0.15) is 0 Å². The lowest BCUT2D eigenvalue weighted by Crippen LogP contribution is -2.22. The topological polar surface area (TPSA) is 21.3 Å². The summed E-state index contributed by atoms with van der Waals surface area (Å²) in [6.07, 6.45) is 0. The fourth-order valence-corrected chi connectivity index (χ4v) is 1.90. The zero-order valence-corrected chi connectivity index (χ0v) is 12.5. The largest absolute Gasteiger partial charge is 0.457 e. The summed E-state index contributed by atoms with van der Waals surface area (Å²) in [5, 5.41) is 3.15. The lowest BCUT2D eigenvalue weighted by molar-refractivity contribution is 0.454. The quantitative estimate of drug-likeness (QED) is 0.847. The van der Waals surface area contributed by atoms with E-state index in [4.69, 9.17) is 16.3 Å². The maximum absolute atomic E-state index is 13.9. The summed E-state index contributed by atoms with van der Waals surface area (Å²) in [5.74, 6) is -0.319. The average Bonchev–Trinajstić information content (AvgIpc) is 2.42. The Morgan fingerprint density at radius 1 is 1.14 bits per heavy atom. The molecule has 2 rings (SSSR count). The highest BCUT2D eigenvalue weighted by molar-refractivity contribution is 6.30. The normalized spacial score (nSPS) is 11.0. The molecule has 2 aromatic carbocycles. The first-order valence-corrected chi connectivity index (χ1v) is 6.99. The van der Waals surface area contributed by atoms with Crippen molar-refractivity contribution in [2.24, 2.45) is 0 Å². The maximum Gasteiger partial charge on any atom is 0.145 e. The number of benzene rings is 2. The van der Waals surface area contributed by atoms with Crippen molar-refractivity contribution in [2.75, 3.05) is 0 Å². The molecule has 5 heteroatoms. The van der Waals surface area contributed by atoms with Gasteiger partial charge < -0.3 is 10.1 Å². The van der Waals surface area contributed by atoms with E-state index in [0.29, 0.717) is 17.9 Å². The summed E-state index contributed by atoms with van der Waals surface area (Å²) < 4.78 is 32.9. The number of halogens is 3. The maximum atomic E-state index is 13.9. The summed E-state index contributed by atoms with van der Waals surface area (Å²) in [5.41, 5.74) is 0.404. The van der Waals surface area contributed by atoms with E-state index in [1.54, 1.807) is 12.1 Å².